The number of benzene rings is 1. The van der Waals surface area contributed by atoms with Crippen LogP contribution in [0.25, 0.3) is 0 Å². The third kappa shape index (κ3) is 4.14. The van der Waals surface area contributed by atoms with E-state index in [1.54, 1.807) is 35.4 Å². The third-order valence-corrected chi connectivity index (χ3v) is 4.26. The van der Waals surface area contributed by atoms with Gasteiger partial charge in [0.15, 0.2) is 0 Å². The molecule has 2 rings (SSSR count). The summed E-state index contributed by atoms with van der Waals surface area (Å²) in [6.45, 7) is 0.566. The van der Waals surface area contributed by atoms with E-state index in [1.807, 2.05) is 11.4 Å². The zero-order valence-electron chi connectivity index (χ0n) is 10.4. The van der Waals surface area contributed by atoms with Crippen LogP contribution in [-0.4, -0.2) is 17.9 Å². The molecule has 0 unspecified atom stereocenters. The highest BCUT2D eigenvalue weighted by Crippen LogP contribution is 2.21. The minimum absolute atomic E-state index is 0.0204. The molecule has 5 heteroatoms. The van der Waals surface area contributed by atoms with E-state index in [-0.39, 0.29) is 18.1 Å². The van der Waals surface area contributed by atoms with Crippen LogP contribution in [0.3, 0.4) is 0 Å². The van der Waals surface area contributed by atoms with Gasteiger partial charge >= 0.3 is 0 Å². The highest BCUT2D eigenvalue weighted by atomic mass is 79.9. The topological polar surface area (TPSA) is 20.3 Å². The minimum atomic E-state index is -0.310. The van der Waals surface area contributed by atoms with E-state index < -0.39 is 0 Å². The van der Waals surface area contributed by atoms with Crippen molar-refractivity contribution in [1.82, 2.24) is 4.90 Å². The van der Waals surface area contributed by atoms with Crippen LogP contribution in [0.2, 0.25) is 0 Å². The summed E-state index contributed by atoms with van der Waals surface area (Å²) < 4.78 is 14.1. The van der Waals surface area contributed by atoms with Crippen LogP contribution in [0.1, 0.15) is 11.1 Å². The zero-order chi connectivity index (χ0) is 13.8. The number of carbonyl (C=O) groups is 1. The van der Waals surface area contributed by atoms with Crippen molar-refractivity contribution in [1.29, 1.82) is 0 Å². The quantitative estimate of drug-likeness (QED) is 0.827. The maximum atomic E-state index is 13.0. The van der Waals surface area contributed by atoms with Gasteiger partial charge in [-0.15, -0.1) is 11.3 Å². The van der Waals surface area contributed by atoms with Crippen molar-refractivity contribution in [3.8, 4) is 0 Å². The highest BCUT2D eigenvalue weighted by molar-refractivity contribution is 9.11. The Bertz CT molecular complexity index is 584. The monoisotopic (exact) mass is 341 g/mol. The second-order valence-electron chi connectivity index (χ2n) is 4.32. The Morgan fingerprint density at radius 1 is 1.37 bits per heavy atom. The van der Waals surface area contributed by atoms with Gasteiger partial charge in [0.1, 0.15) is 5.82 Å². The van der Waals surface area contributed by atoms with E-state index in [1.165, 1.54) is 12.1 Å². The number of amides is 1. The van der Waals surface area contributed by atoms with Gasteiger partial charge in [0, 0.05) is 13.6 Å². The number of hydrogen-bond donors (Lipinski definition) is 0. The summed E-state index contributed by atoms with van der Waals surface area (Å²) in [5, 5.41) is 2.01. The molecule has 2 aromatic rings. The van der Waals surface area contributed by atoms with Gasteiger partial charge in [0.25, 0.3) is 0 Å². The molecule has 1 amide bonds. The SMILES string of the molecule is CN(Cc1csc(Br)c1)C(=O)Cc1cccc(F)c1. The molecule has 0 radical (unpaired) electrons. The fourth-order valence-corrected chi connectivity index (χ4v) is 2.95. The Hall–Kier alpha value is -1.20. The summed E-state index contributed by atoms with van der Waals surface area (Å²) in [4.78, 5) is 13.7. The standard InChI is InChI=1S/C14H13BrFNOS/c1-17(8-11-6-13(15)19-9-11)14(18)7-10-3-2-4-12(16)5-10/h2-6,9H,7-8H2,1H3. The summed E-state index contributed by atoms with van der Waals surface area (Å²) in [6, 6.07) is 8.15. The van der Waals surface area contributed by atoms with Gasteiger partial charge in [-0.2, -0.15) is 0 Å². The van der Waals surface area contributed by atoms with Gasteiger partial charge < -0.3 is 4.90 Å². The van der Waals surface area contributed by atoms with Crippen molar-refractivity contribution in [3.05, 3.63) is 56.4 Å². The summed E-state index contributed by atoms with van der Waals surface area (Å²) in [5.41, 5.74) is 1.79. The van der Waals surface area contributed by atoms with Crippen molar-refractivity contribution < 1.29 is 9.18 Å². The van der Waals surface area contributed by atoms with E-state index in [4.69, 9.17) is 0 Å². The predicted octanol–water partition coefficient (Wildman–Crippen LogP) is 3.85. The number of thiophene rings is 1. The summed E-state index contributed by atoms with van der Waals surface area (Å²) in [5.74, 6) is -0.331. The van der Waals surface area contributed by atoms with Crippen molar-refractivity contribution in [2.75, 3.05) is 7.05 Å². The first-order chi connectivity index (χ1) is 9.04. The number of carbonyl (C=O) groups excluding carboxylic acids is 1. The molecular weight excluding hydrogens is 329 g/mol. The maximum Gasteiger partial charge on any atom is 0.227 e. The van der Waals surface area contributed by atoms with Gasteiger partial charge in [-0.1, -0.05) is 12.1 Å². The lowest BCUT2D eigenvalue weighted by Gasteiger charge is -2.16. The second-order valence-corrected chi connectivity index (χ2v) is 6.61. The van der Waals surface area contributed by atoms with Crippen molar-refractivity contribution >= 4 is 33.2 Å². The van der Waals surface area contributed by atoms with Crippen molar-refractivity contribution in [3.63, 3.8) is 0 Å². The zero-order valence-corrected chi connectivity index (χ0v) is 12.8. The van der Waals surface area contributed by atoms with E-state index in [9.17, 15) is 9.18 Å². The second kappa shape index (κ2) is 6.30. The molecule has 1 aromatic heterocycles. The molecule has 0 fully saturated rings. The lowest BCUT2D eigenvalue weighted by molar-refractivity contribution is -0.129. The van der Waals surface area contributed by atoms with E-state index in [0.717, 1.165) is 9.35 Å². The molecule has 0 spiro atoms. The van der Waals surface area contributed by atoms with Gasteiger partial charge in [-0.25, -0.2) is 4.39 Å². The highest BCUT2D eigenvalue weighted by Gasteiger charge is 2.11. The van der Waals surface area contributed by atoms with Crippen molar-refractivity contribution in [2.45, 2.75) is 13.0 Å². The number of halogens is 2. The normalized spacial score (nSPS) is 10.5. The summed E-state index contributed by atoms with van der Waals surface area (Å²) in [7, 11) is 1.76. The van der Waals surface area contributed by atoms with Crippen LogP contribution >= 0.6 is 27.3 Å². The van der Waals surface area contributed by atoms with Gasteiger partial charge in [-0.05, 0) is 50.6 Å². The molecule has 0 aliphatic rings. The van der Waals surface area contributed by atoms with Gasteiger partial charge in [-0.3, -0.25) is 4.79 Å². The third-order valence-electron chi connectivity index (χ3n) is 2.71. The Labute approximate surface area is 124 Å². The average molecular weight is 342 g/mol. The summed E-state index contributed by atoms with van der Waals surface area (Å²) >= 11 is 4.99. The molecular formula is C14H13BrFNOS. The number of rotatable bonds is 4. The lowest BCUT2D eigenvalue weighted by atomic mass is 10.1. The number of likely N-dealkylation sites (N-methyl/N-ethyl adjacent to an activating group) is 1. The Morgan fingerprint density at radius 2 is 2.16 bits per heavy atom. The van der Waals surface area contributed by atoms with E-state index >= 15 is 0 Å². The minimum Gasteiger partial charge on any atom is -0.341 e. The molecule has 19 heavy (non-hydrogen) atoms. The molecule has 0 atom stereocenters. The van der Waals surface area contributed by atoms with Gasteiger partial charge in [0.05, 0.1) is 10.2 Å². The van der Waals surface area contributed by atoms with Crippen molar-refractivity contribution in [2.24, 2.45) is 0 Å². The Kier molecular flexibility index (Phi) is 4.71. The number of nitrogens with zero attached hydrogens (tertiary/aromatic N) is 1. The van der Waals surface area contributed by atoms with Crippen LogP contribution < -0.4 is 0 Å². The van der Waals surface area contributed by atoms with Crippen LogP contribution in [0.4, 0.5) is 4.39 Å². The largest absolute Gasteiger partial charge is 0.341 e. The molecule has 0 aliphatic heterocycles. The molecule has 1 heterocycles. The molecule has 0 saturated heterocycles. The van der Waals surface area contributed by atoms with Gasteiger partial charge in [0.2, 0.25) is 5.91 Å². The number of hydrogen-bond acceptors (Lipinski definition) is 2. The van der Waals surface area contributed by atoms with Crippen LogP contribution in [0, 0.1) is 5.82 Å². The fraction of sp³-hybridized carbons (Fsp3) is 0.214. The molecule has 0 N–H and O–H groups in total. The first-order valence-electron chi connectivity index (χ1n) is 5.76. The lowest BCUT2D eigenvalue weighted by Crippen LogP contribution is -2.27. The smallest absolute Gasteiger partial charge is 0.227 e. The fourth-order valence-electron chi connectivity index (χ4n) is 1.75. The Balaban J connectivity index is 1.96. The predicted molar refractivity (Wildman–Crippen MR) is 78.6 cm³/mol. The average Bonchev–Trinajstić information content (AvgIpc) is 2.74. The Morgan fingerprint density at radius 3 is 2.79 bits per heavy atom. The van der Waals surface area contributed by atoms with E-state index in [2.05, 4.69) is 15.9 Å². The molecule has 0 bridgehead atoms. The van der Waals surface area contributed by atoms with Crippen LogP contribution in [-0.2, 0) is 17.8 Å². The molecule has 0 saturated carbocycles. The first kappa shape index (κ1) is 14.2. The maximum absolute atomic E-state index is 13.0. The van der Waals surface area contributed by atoms with E-state index in [0.29, 0.717) is 12.1 Å². The first-order valence-corrected chi connectivity index (χ1v) is 7.43. The summed E-state index contributed by atoms with van der Waals surface area (Å²) in [6.07, 6.45) is 0.222. The van der Waals surface area contributed by atoms with Crippen LogP contribution in [0.15, 0.2) is 39.5 Å². The molecule has 2 nitrogen and oxygen atoms in total. The molecule has 100 valence electrons. The molecule has 0 aliphatic carbocycles. The molecule has 1 aromatic carbocycles. The van der Waals surface area contributed by atoms with Crippen LogP contribution in [0.5, 0.6) is 0 Å².